The van der Waals surface area contributed by atoms with E-state index in [0.717, 1.165) is 12.3 Å². The van der Waals surface area contributed by atoms with Crippen molar-refractivity contribution in [3.63, 3.8) is 0 Å². The van der Waals surface area contributed by atoms with E-state index in [1.807, 2.05) is 26.8 Å². The highest BCUT2D eigenvalue weighted by Crippen LogP contribution is 2.05. The molecule has 0 unspecified atom stereocenters. The quantitative estimate of drug-likeness (QED) is 0.730. The van der Waals surface area contributed by atoms with E-state index >= 15 is 0 Å². The van der Waals surface area contributed by atoms with Crippen LogP contribution in [0.15, 0.2) is 16.8 Å². The summed E-state index contributed by atoms with van der Waals surface area (Å²) in [4.78, 5) is 0. The normalized spacial score (nSPS) is 11.9. The summed E-state index contributed by atoms with van der Waals surface area (Å²) in [6.07, 6.45) is 1.64. The Balaban J connectivity index is 2.00. The lowest BCUT2D eigenvalue weighted by atomic mass is 10.2. The van der Waals surface area contributed by atoms with Crippen molar-refractivity contribution >= 4 is 0 Å². The van der Waals surface area contributed by atoms with E-state index in [2.05, 4.69) is 10.5 Å². The molecule has 0 spiro atoms. The fourth-order valence-corrected chi connectivity index (χ4v) is 0.974. The SMILES string of the molecule is CC(C)(C)OCCNCc1ccno1. The Morgan fingerprint density at radius 1 is 1.50 bits per heavy atom. The van der Waals surface area contributed by atoms with E-state index in [0.29, 0.717) is 13.2 Å². The molecule has 4 heteroatoms. The predicted molar refractivity (Wildman–Crippen MR) is 53.9 cm³/mol. The fourth-order valence-electron chi connectivity index (χ4n) is 0.974. The Hall–Kier alpha value is -0.870. The van der Waals surface area contributed by atoms with Crippen molar-refractivity contribution < 1.29 is 9.26 Å². The van der Waals surface area contributed by atoms with E-state index in [9.17, 15) is 0 Å². The zero-order valence-corrected chi connectivity index (χ0v) is 9.04. The van der Waals surface area contributed by atoms with Gasteiger partial charge in [0.05, 0.1) is 24.9 Å². The third-order valence-electron chi connectivity index (χ3n) is 1.60. The number of nitrogens with one attached hydrogen (secondary N) is 1. The highest BCUT2D eigenvalue weighted by atomic mass is 16.5. The molecule has 0 amide bonds. The summed E-state index contributed by atoms with van der Waals surface area (Å²) < 4.78 is 10.5. The molecule has 0 bridgehead atoms. The number of aromatic nitrogens is 1. The molecule has 0 radical (unpaired) electrons. The summed E-state index contributed by atoms with van der Waals surface area (Å²) in [5, 5.41) is 6.82. The van der Waals surface area contributed by atoms with E-state index in [1.165, 1.54) is 0 Å². The molecule has 1 aromatic rings. The highest BCUT2D eigenvalue weighted by molar-refractivity contribution is 4.91. The zero-order valence-electron chi connectivity index (χ0n) is 9.04. The van der Waals surface area contributed by atoms with Crippen molar-refractivity contribution in [1.82, 2.24) is 10.5 Å². The van der Waals surface area contributed by atoms with Gasteiger partial charge in [-0.3, -0.25) is 0 Å². The Morgan fingerprint density at radius 2 is 2.29 bits per heavy atom. The van der Waals surface area contributed by atoms with Crippen LogP contribution in [0, 0.1) is 0 Å². The lowest BCUT2D eigenvalue weighted by Gasteiger charge is -2.19. The molecule has 80 valence electrons. The molecule has 0 aliphatic carbocycles. The second-order valence-corrected chi connectivity index (χ2v) is 4.12. The highest BCUT2D eigenvalue weighted by Gasteiger charge is 2.08. The van der Waals surface area contributed by atoms with Crippen molar-refractivity contribution in [3.8, 4) is 0 Å². The Morgan fingerprint density at radius 3 is 2.86 bits per heavy atom. The average molecular weight is 198 g/mol. The smallest absolute Gasteiger partial charge is 0.150 e. The first-order valence-electron chi connectivity index (χ1n) is 4.82. The van der Waals surface area contributed by atoms with Crippen LogP contribution < -0.4 is 5.32 Å². The lowest BCUT2D eigenvalue weighted by molar-refractivity contribution is -0.00101. The molecule has 4 nitrogen and oxygen atoms in total. The van der Waals surface area contributed by atoms with E-state index < -0.39 is 0 Å². The minimum Gasteiger partial charge on any atom is -0.375 e. The van der Waals surface area contributed by atoms with Gasteiger partial charge in [0.15, 0.2) is 0 Å². The standard InChI is InChI=1S/C10H18N2O2/c1-10(2,3)13-7-6-11-8-9-4-5-12-14-9/h4-5,11H,6-8H2,1-3H3. The van der Waals surface area contributed by atoms with Crippen molar-refractivity contribution in [1.29, 1.82) is 0 Å². The third-order valence-corrected chi connectivity index (χ3v) is 1.60. The van der Waals surface area contributed by atoms with Crippen LogP contribution in [-0.4, -0.2) is 23.9 Å². The monoisotopic (exact) mass is 198 g/mol. The molecule has 0 saturated heterocycles. The fraction of sp³-hybridized carbons (Fsp3) is 0.700. The molecule has 0 aliphatic rings. The largest absolute Gasteiger partial charge is 0.375 e. The minimum atomic E-state index is -0.0616. The first-order chi connectivity index (χ1) is 6.58. The predicted octanol–water partition coefficient (Wildman–Crippen LogP) is 1.58. The zero-order chi connectivity index (χ0) is 10.4. The maximum absolute atomic E-state index is 5.54. The minimum absolute atomic E-state index is 0.0616. The Bertz CT molecular complexity index is 239. The van der Waals surface area contributed by atoms with Crippen LogP contribution >= 0.6 is 0 Å². The summed E-state index contributed by atoms with van der Waals surface area (Å²) in [5.41, 5.74) is -0.0616. The van der Waals surface area contributed by atoms with Gasteiger partial charge in [0.2, 0.25) is 0 Å². The lowest BCUT2D eigenvalue weighted by Crippen LogP contribution is -2.26. The van der Waals surface area contributed by atoms with Crippen LogP contribution in [0.4, 0.5) is 0 Å². The molecule has 0 fully saturated rings. The van der Waals surface area contributed by atoms with Crippen molar-refractivity contribution in [2.24, 2.45) is 0 Å². The van der Waals surface area contributed by atoms with E-state index in [1.54, 1.807) is 6.20 Å². The molecular formula is C10H18N2O2. The number of nitrogens with zero attached hydrogens (tertiary/aromatic N) is 1. The van der Waals surface area contributed by atoms with Gasteiger partial charge in [-0.1, -0.05) is 5.16 Å². The number of ether oxygens (including phenoxy) is 1. The molecule has 1 N–H and O–H groups in total. The second-order valence-electron chi connectivity index (χ2n) is 4.12. The molecular weight excluding hydrogens is 180 g/mol. The maximum atomic E-state index is 5.54. The van der Waals surface area contributed by atoms with Gasteiger partial charge in [-0.05, 0) is 20.8 Å². The average Bonchev–Trinajstić information content (AvgIpc) is 2.54. The summed E-state index contributed by atoms with van der Waals surface area (Å²) in [7, 11) is 0. The molecule has 1 aromatic heterocycles. The number of hydrogen-bond donors (Lipinski definition) is 1. The Labute approximate surface area is 84.6 Å². The van der Waals surface area contributed by atoms with Gasteiger partial charge in [0.1, 0.15) is 5.76 Å². The molecule has 0 aromatic carbocycles. The second kappa shape index (κ2) is 5.12. The van der Waals surface area contributed by atoms with Gasteiger partial charge < -0.3 is 14.6 Å². The molecule has 0 atom stereocenters. The van der Waals surface area contributed by atoms with Gasteiger partial charge in [-0.2, -0.15) is 0 Å². The summed E-state index contributed by atoms with van der Waals surface area (Å²) >= 11 is 0. The van der Waals surface area contributed by atoms with Gasteiger partial charge in [-0.15, -0.1) is 0 Å². The summed E-state index contributed by atoms with van der Waals surface area (Å²) in [6, 6.07) is 1.84. The van der Waals surface area contributed by atoms with Crippen LogP contribution in [-0.2, 0) is 11.3 Å². The van der Waals surface area contributed by atoms with Crippen LogP contribution in [0.2, 0.25) is 0 Å². The van der Waals surface area contributed by atoms with E-state index in [4.69, 9.17) is 9.26 Å². The van der Waals surface area contributed by atoms with Crippen LogP contribution in [0.1, 0.15) is 26.5 Å². The van der Waals surface area contributed by atoms with Gasteiger partial charge >= 0.3 is 0 Å². The number of rotatable bonds is 5. The summed E-state index contributed by atoms with van der Waals surface area (Å²) in [5.74, 6) is 0.848. The van der Waals surface area contributed by atoms with Crippen molar-refractivity contribution in [2.75, 3.05) is 13.2 Å². The molecule has 14 heavy (non-hydrogen) atoms. The number of hydrogen-bond acceptors (Lipinski definition) is 4. The molecule has 1 heterocycles. The topological polar surface area (TPSA) is 47.3 Å². The molecule has 0 saturated carbocycles. The van der Waals surface area contributed by atoms with Crippen LogP contribution in [0.25, 0.3) is 0 Å². The van der Waals surface area contributed by atoms with Gasteiger partial charge in [0, 0.05) is 12.6 Å². The van der Waals surface area contributed by atoms with E-state index in [-0.39, 0.29) is 5.60 Å². The molecule has 1 rings (SSSR count). The third kappa shape index (κ3) is 4.99. The molecule has 0 aliphatic heterocycles. The van der Waals surface area contributed by atoms with Crippen LogP contribution in [0.3, 0.4) is 0 Å². The van der Waals surface area contributed by atoms with Gasteiger partial charge in [-0.25, -0.2) is 0 Å². The van der Waals surface area contributed by atoms with Crippen LogP contribution in [0.5, 0.6) is 0 Å². The summed E-state index contributed by atoms with van der Waals surface area (Å²) in [6.45, 7) is 8.36. The van der Waals surface area contributed by atoms with Crippen molar-refractivity contribution in [3.05, 3.63) is 18.0 Å². The maximum Gasteiger partial charge on any atom is 0.150 e. The van der Waals surface area contributed by atoms with Gasteiger partial charge in [0.25, 0.3) is 0 Å². The Kier molecular flexibility index (Phi) is 4.10. The first-order valence-corrected chi connectivity index (χ1v) is 4.82. The first kappa shape index (κ1) is 11.2. The van der Waals surface area contributed by atoms with Crippen molar-refractivity contribution in [2.45, 2.75) is 32.9 Å².